The van der Waals surface area contributed by atoms with E-state index >= 15 is 0 Å². The topological polar surface area (TPSA) is 73.9 Å². The highest BCUT2D eigenvalue weighted by Crippen LogP contribution is 2.33. The molecule has 1 N–H and O–H groups in total. The van der Waals surface area contributed by atoms with Crippen LogP contribution in [0.2, 0.25) is 10.0 Å². The first-order valence-corrected chi connectivity index (χ1v) is 11.3. The van der Waals surface area contributed by atoms with E-state index in [4.69, 9.17) is 37.4 Å². The van der Waals surface area contributed by atoms with Crippen molar-refractivity contribution in [3.63, 3.8) is 0 Å². The maximum Gasteiger partial charge on any atom is 0.513 e. The summed E-state index contributed by atoms with van der Waals surface area (Å²) < 4.78 is 15.2. The Hall–Kier alpha value is -2.87. The van der Waals surface area contributed by atoms with Crippen molar-refractivity contribution in [2.24, 2.45) is 0 Å². The van der Waals surface area contributed by atoms with Gasteiger partial charge in [-0.1, -0.05) is 59.6 Å². The van der Waals surface area contributed by atoms with Gasteiger partial charge in [-0.3, -0.25) is 4.79 Å². The van der Waals surface area contributed by atoms with Crippen molar-refractivity contribution in [3.05, 3.63) is 87.9 Å². The molecule has 3 rings (SSSR count). The molecule has 9 heteroatoms. The molecule has 0 saturated carbocycles. The molecule has 172 valence electrons. The average Bonchev–Trinajstić information content (AvgIpc) is 2.81. The Morgan fingerprint density at radius 2 is 1.58 bits per heavy atom. The van der Waals surface area contributed by atoms with Gasteiger partial charge in [-0.15, -0.1) is 0 Å². The molecule has 0 heterocycles. The number of esters is 1. The minimum absolute atomic E-state index is 0.0590. The Balaban J connectivity index is 1.56. The van der Waals surface area contributed by atoms with Crippen LogP contribution in [0.4, 0.5) is 16.2 Å². The summed E-state index contributed by atoms with van der Waals surface area (Å²) in [5, 5.41) is 4.14. The first kappa shape index (κ1) is 24.8. The standard InChI is InChI=1S/C24H21Cl2NO5S/c25-19-5-3-6-20(26)23(19)27-21-7-2-1-4-17(21)14-22(28)31-15-16-8-10-18(11-9-16)32-24(29)30-12-13-33/h1-11,27,33H,12-15H2. The van der Waals surface area contributed by atoms with E-state index in [0.29, 0.717) is 32.9 Å². The molecule has 0 radical (unpaired) electrons. The minimum atomic E-state index is -0.798. The number of hydrogen-bond donors (Lipinski definition) is 2. The lowest BCUT2D eigenvalue weighted by Crippen LogP contribution is -2.12. The van der Waals surface area contributed by atoms with E-state index in [-0.39, 0.29) is 19.6 Å². The Labute approximate surface area is 207 Å². The summed E-state index contributed by atoms with van der Waals surface area (Å²) in [6.07, 6.45) is -0.739. The number of hydrogen-bond acceptors (Lipinski definition) is 7. The fourth-order valence-corrected chi connectivity index (χ4v) is 3.41. The van der Waals surface area contributed by atoms with Gasteiger partial charge in [0.25, 0.3) is 0 Å². The summed E-state index contributed by atoms with van der Waals surface area (Å²) in [5.41, 5.74) is 2.75. The predicted molar refractivity (Wildman–Crippen MR) is 132 cm³/mol. The third-order valence-corrected chi connectivity index (χ3v) is 5.22. The SMILES string of the molecule is O=C(Cc1ccccc1Nc1c(Cl)cccc1Cl)OCc1ccc(OC(=O)OCCS)cc1. The van der Waals surface area contributed by atoms with Gasteiger partial charge in [-0.05, 0) is 41.5 Å². The number of halogens is 2. The smallest absolute Gasteiger partial charge is 0.461 e. The van der Waals surface area contributed by atoms with Crippen LogP contribution in [0.5, 0.6) is 5.75 Å². The molecule has 0 aliphatic rings. The van der Waals surface area contributed by atoms with Crippen LogP contribution < -0.4 is 10.1 Å². The molecule has 0 aromatic heterocycles. The van der Waals surface area contributed by atoms with Gasteiger partial charge in [-0.25, -0.2) is 4.79 Å². The van der Waals surface area contributed by atoms with Gasteiger partial charge in [0.05, 0.1) is 22.2 Å². The fraction of sp³-hybridized carbons (Fsp3) is 0.167. The zero-order chi connectivity index (χ0) is 23.6. The summed E-state index contributed by atoms with van der Waals surface area (Å²) in [4.78, 5) is 23.9. The number of thiol groups is 1. The van der Waals surface area contributed by atoms with Gasteiger partial charge >= 0.3 is 12.1 Å². The third kappa shape index (κ3) is 7.60. The van der Waals surface area contributed by atoms with E-state index in [1.165, 1.54) is 0 Å². The number of nitrogens with one attached hydrogen (secondary N) is 1. The number of para-hydroxylation sites is 2. The lowest BCUT2D eigenvalue weighted by atomic mass is 10.1. The molecule has 0 unspecified atom stereocenters. The highest BCUT2D eigenvalue weighted by atomic mass is 35.5. The zero-order valence-electron chi connectivity index (χ0n) is 17.4. The lowest BCUT2D eigenvalue weighted by Gasteiger charge is -2.14. The van der Waals surface area contributed by atoms with Crippen LogP contribution in [-0.4, -0.2) is 24.5 Å². The second kappa shape index (κ2) is 12.4. The molecule has 3 aromatic carbocycles. The van der Waals surface area contributed by atoms with Gasteiger partial charge in [0.15, 0.2) is 0 Å². The summed E-state index contributed by atoms with van der Waals surface area (Å²) in [5.74, 6) is 0.339. The van der Waals surface area contributed by atoms with Crippen LogP contribution in [0, 0.1) is 0 Å². The van der Waals surface area contributed by atoms with Gasteiger partial charge in [0, 0.05) is 11.4 Å². The monoisotopic (exact) mass is 505 g/mol. The second-order valence-corrected chi connectivity index (χ2v) is 8.05. The number of rotatable bonds is 9. The van der Waals surface area contributed by atoms with E-state index in [2.05, 4.69) is 17.9 Å². The highest BCUT2D eigenvalue weighted by molar-refractivity contribution is 7.80. The Bertz CT molecular complexity index is 1090. The van der Waals surface area contributed by atoms with Crippen LogP contribution in [0.25, 0.3) is 0 Å². The molecule has 0 atom stereocenters. The molecular formula is C24H21Cl2NO5S. The summed E-state index contributed by atoms with van der Waals surface area (Å²) in [7, 11) is 0. The van der Waals surface area contributed by atoms with Crippen LogP contribution in [0.3, 0.4) is 0 Å². The summed E-state index contributed by atoms with van der Waals surface area (Å²) >= 11 is 16.4. The van der Waals surface area contributed by atoms with Crippen LogP contribution >= 0.6 is 35.8 Å². The maximum atomic E-state index is 12.4. The summed E-state index contributed by atoms with van der Waals surface area (Å²) in [6.45, 7) is 0.245. The quantitative estimate of drug-likeness (QED) is 0.197. The van der Waals surface area contributed by atoms with Gasteiger partial charge in [-0.2, -0.15) is 12.6 Å². The molecule has 0 fully saturated rings. The molecule has 0 aliphatic carbocycles. The first-order valence-electron chi connectivity index (χ1n) is 9.95. The molecular weight excluding hydrogens is 485 g/mol. The largest absolute Gasteiger partial charge is 0.513 e. The van der Waals surface area contributed by atoms with Crippen molar-refractivity contribution in [3.8, 4) is 5.75 Å². The van der Waals surface area contributed by atoms with Crippen LogP contribution in [0.15, 0.2) is 66.7 Å². The Morgan fingerprint density at radius 3 is 2.27 bits per heavy atom. The average molecular weight is 506 g/mol. The normalized spacial score (nSPS) is 10.4. The van der Waals surface area contributed by atoms with Crippen molar-refractivity contribution in [1.82, 2.24) is 0 Å². The molecule has 3 aromatic rings. The molecule has 6 nitrogen and oxygen atoms in total. The van der Waals surface area contributed by atoms with Gasteiger partial charge in [0.2, 0.25) is 0 Å². The van der Waals surface area contributed by atoms with Crippen molar-refractivity contribution in [1.29, 1.82) is 0 Å². The Morgan fingerprint density at radius 1 is 0.879 bits per heavy atom. The van der Waals surface area contributed by atoms with E-state index in [0.717, 1.165) is 11.1 Å². The predicted octanol–water partition coefficient (Wildman–Crippen LogP) is 6.47. The zero-order valence-corrected chi connectivity index (χ0v) is 19.8. The lowest BCUT2D eigenvalue weighted by molar-refractivity contribution is -0.144. The number of benzene rings is 3. The van der Waals surface area contributed by atoms with E-state index < -0.39 is 12.1 Å². The van der Waals surface area contributed by atoms with Gasteiger partial charge < -0.3 is 19.5 Å². The number of anilines is 2. The summed E-state index contributed by atoms with van der Waals surface area (Å²) in [6, 6.07) is 19.1. The fourth-order valence-electron chi connectivity index (χ4n) is 2.83. The second-order valence-electron chi connectivity index (χ2n) is 6.78. The minimum Gasteiger partial charge on any atom is -0.461 e. The number of ether oxygens (including phenoxy) is 3. The van der Waals surface area contributed by atoms with Crippen molar-refractivity contribution < 1.29 is 23.8 Å². The number of carbonyl (C=O) groups is 2. The van der Waals surface area contributed by atoms with E-state index in [1.54, 1.807) is 42.5 Å². The Kier molecular flexibility index (Phi) is 9.30. The first-order chi connectivity index (χ1) is 16.0. The molecule has 0 spiro atoms. The van der Waals surface area contributed by atoms with E-state index in [9.17, 15) is 9.59 Å². The molecule has 33 heavy (non-hydrogen) atoms. The third-order valence-electron chi connectivity index (χ3n) is 4.41. The molecule has 0 aliphatic heterocycles. The van der Waals surface area contributed by atoms with Crippen molar-refractivity contribution in [2.45, 2.75) is 13.0 Å². The number of carbonyl (C=O) groups excluding carboxylic acids is 2. The maximum absolute atomic E-state index is 12.4. The highest BCUT2D eigenvalue weighted by Gasteiger charge is 2.12. The molecule has 0 amide bonds. The van der Waals surface area contributed by atoms with Crippen LogP contribution in [0.1, 0.15) is 11.1 Å². The van der Waals surface area contributed by atoms with Crippen LogP contribution in [-0.2, 0) is 27.3 Å². The van der Waals surface area contributed by atoms with Crippen molar-refractivity contribution >= 4 is 59.3 Å². The van der Waals surface area contributed by atoms with Gasteiger partial charge in [0.1, 0.15) is 19.0 Å². The van der Waals surface area contributed by atoms with Crippen molar-refractivity contribution in [2.75, 3.05) is 17.7 Å². The molecule has 0 saturated heterocycles. The van der Waals surface area contributed by atoms with E-state index in [1.807, 2.05) is 24.3 Å². The molecule has 0 bridgehead atoms.